The third kappa shape index (κ3) is 5.67. The molecule has 0 aromatic heterocycles. The molecule has 3 aromatic carbocycles. The standard InChI is InChI=1S/C31H37NO4/c1-31(2)17-7-9-26(31)21-32(20-25-15-16-28(35-4)19-29(25)36-5)30(33)23-13-11-22(12-14-23)24-8-6-10-27(18-24)34-3/h6,8,10-16,18-19,26H,7,9,17,20-21H2,1-5H3. The molecule has 0 heterocycles. The van der Waals surface area contributed by atoms with Crippen LogP contribution in [0.15, 0.2) is 66.7 Å². The van der Waals surface area contributed by atoms with Crippen molar-refractivity contribution in [3.8, 4) is 28.4 Å². The highest BCUT2D eigenvalue weighted by molar-refractivity contribution is 5.94. The Morgan fingerprint density at radius 2 is 1.61 bits per heavy atom. The average molecular weight is 488 g/mol. The molecule has 4 rings (SSSR count). The van der Waals surface area contributed by atoms with E-state index in [4.69, 9.17) is 14.2 Å². The predicted molar refractivity (Wildman–Crippen MR) is 144 cm³/mol. The van der Waals surface area contributed by atoms with E-state index in [0.717, 1.165) is 46.9 Å². The number of carbonyl (C=O) groups is 1. The summed E-state index contributed by atoms with van der Waals surface area (Å²) in [4.78, 5) is 15.8. The minimum absolute atomic E-state index is 0.0350. The average Bonchev–Trinajstić information content (AvgIpc) is 3.25. The Balaban J connectivity index is 1.61. The van der Waals surface area contributed by atoms with Crippen molar-refractivity contribution in [3.63, 3.8) is 0 Å². The maximum absolute atomic E-state index is 13.9. The second kappa shape index (κ2) is 11.1. The van der Waals surface area contributed by atoms with E-state index in [1.807, 2.05) is 71.6 Å². The monoisotopic (exact) mass is 487 g/mol. The number of nitrogens with zero attached hydrogens (tertiary/aromatic N) is 1. The van der Waals surface area contributed by atoms with Crippen LogP contribution >= 0.6 is 0 Å². The van der Waals surface area contributed by atoms with E-state index < -0.39 is 0 Å². The number of carbonyl (C=O) groups excluding carboxylic acids is 1. The molecule has 5 heteroatoms. The summed E-state index contributed by atoms with van der Waals surface area (Å²) in [6.45, 7) is 5.85. The first-order chi connectivity index (χ1) is 17.3. The molecule has 5 nitrogen and oxygen atoms in total. The second-order valence-electron chi connectivity index (χ2n) is 10.3. The molecule has 1 amide bonds. The fourth-order valence-electron chi connectivity index (χ4n) is 5.20. The highest BCUT2D eigenvalue weighted by Crippen LogP contribution is 2.43. The number of rotatable bonds is 9. The third-order valence-electron chi connectivity index (χ3n) is 7.60. The van der Waals surface area contributed by atoms with Crippen molar-refractivity contribution in [1.82, 2.24) is 4.90 Å². The van der Waals surface area contributed by atoms with Crippen LogP contribution in [-0.2, 0) is 6.54 Å². The molecular weight excluding hydrogens is 450 g/mol. The quantitative estimate of drug-likeness (QED) is 0.331. The zero-order chi connectivity index (χ0) is 25.7. The Kier molecular flexibility index (Phi) is 7.88. The number of benzene rings is 3. The number of hydrogen-bond donors (Lipinski definition) is 0. The Hall–Kier alpha value is -3.47. The first-order valence-electron chi connectivity index (χ1n) is 12.6. The zero-order valence-electron chi connectivity index (χ0n) is 22.0. The van der Waals surface area contributed by atoms with Gasteiger partial charge in [-0.15, -0.1) is 0 Å². The van der Waals surface area contributed by atoms with Gasteiger partial charge >= 0.3 is 0 Å². The Morgan fingerprint density at radius 3 is 2.25 bits per heavy atom. The Labute approximate surface area is 215 Å². The van der Waals surface area contributed by atoms with Crippen LogP contribution in [0.25, 0.3) is 11.1 Å². The normalized spacial score (nSPS) is 16.4. The van der Waals surface area contributed by atoms with Gasteiger partial charge in [0.2, 0.25) is 0 Å². The second-order valence-corrected chi connectivity index (χ2v) is 10.3. The molecule has 36 heavy (non-hydrogen) atoms. The summed E-state index contributed by atoms with van der Waals surface area (Å²) >= 11 is 0. The zero-order valence-corrected chi connectivity index (χ0v) is 22.0. The van der Waals surface area contributed by atoms with Gasteiger partial charge in [-0.3, -0.25) is 4.79 Å². The smallest absolute Gasteiger partial charge is 0.254 e. The van der Waals surface area contributed by atoms with Gasteiger partial charge in [0, 0.05) is 30.3 Å². The van der Waals surface area contributed by atoms with Crippen LogP contribution in [-0.4, -0.2) is 38.7 Å². The summed E-state index contributed by atoms with van der Waals surface area (Å²) in [7, 11) is 4.96. The van der Waals surface area contributed by atoms with Crippen LogP contribution in [0.2, 0.25) is 0 Å². The van der Waals surface area contributed by atoms with E-state index in [9.17, 15) is 4.79 Å². The molecule has 0 saturated heterocycles. The van der Waals surface area contributed by atoms with Gasteiger partial charge in [-0.25, -0.2) is 0 Å². The minimum Gasteiger partial charge on any atom is -0.497 e. The van der Waals surface area contributed by atoms with Crippen LogP contribution in [0.5, 0.6) is 17.2 Å². The maximum atomic E-state index is 13.9. The molecule has 0 aliphatic heterocycles. The van der Waals surface area contributed by atoms with Gasteiger partial charge in [-0.05, 0) is 71.7 Å². The summed E-state index contributed by atoms with van der Waals surface area (Å²) in [6, 6.07) is 21.6. The van der Waals surface area contributed by atoms with Crippen molar-refractivity contribution in [3.05, 3.63) is 77.9 Å². The lowest BCUT2D eigenvalue weighted by Crippen LogP contribution is -2.38. The van der Waals surface area contributed by atoms with Crippen molar-refractivity contribution in [2.24, 2.45) is 11.3 Å². The highest BCUT2D eigenvalue weighted by Gasteiger charge is 2.36. The lowest BCUT2D eigenvalue weighted by molar-refractivity contribution is 0.0669. The van der Waals surface area contributed by atoms with Gasteiger partial charge in [0.15, 0.2) is 0 Å². The molecule has 0 N–H and O–H groups in total. The van der Waals surface area contributed by atoms with Crippen LogP contribution < -0.4 is 14.2 Å². The topological polar surface area (TPSA) is 48.0 Å². The first-order valence-corrected chi connectivity index (χ1v) is 12.6. The van der Waals surface area contributed by atoms with Gasteiger partial charge in [0.25, 0.3) is 5.91 Å². The van der Waals surface area contributed by atoms with E-state index in [1.54, 1.807) is 21.3 Å². The lowest BCUT2D eigenvalue weighted by atomic mass is 9.81. The highest BCUT2D eigenvalue weighted by atomic mass is 16.5. The lowest BCUT2D eigenvalue weighted by Gasteiger charge is -2.33. The molecule has 0 bridgehead atoms. The molecule has 0 spiro atoms. The van der Waals surface area contributed by atoms with Crippen LogP contribution in [0, 0.1) is 11.3 Å². The molecule has 1 saturated carbocycles. The van der Waals surface area contributed by atoms with Crippen molar-refractivity contribution in [2.75, 3.05) is 27.9 Å². The van der Waals surface area contributed by atoms with Crippen LogP contribution in [0.1, 0.15) is 49.0 Å². The fourth-order valence-corrected chi connectivity index (χ4v) is 5.20. The minimum atomic E-state index is 0.0350. The van der Waals surface area contributed by atoms with Crippen molar-refractivity contribution in [2.45, 2.75) is 39.7 Å². The SMILES string of the molecule is COc1cccc(-c2ccc(C(=O)N(Cc3ccc(OC)cc3OC)CC3CCCC3(C)C)cc2)c1. The van der Waals surface area contributed by atoms with E-state index in [2.05, 4.69) is 13.8 Å². The number of hydrogen-bond acceptors (Lipinski definition) is 4. The summed E-state index contributed by atoms with van der Waals surface area (Å²) < 4.78 is 16.4. The van der Waals surface area contributed by atoms with E-state index in [0.29, 0.717) is 18.0 Å². The van der Waals surface area contributed by atoms with Crippen molar-refractivity contribution >= 4 is 5.91 Å². The summed E-state index contributed by atoms with van der Waals surface area (Å²) in [5.41, 5.74) is 3.98. The third-order valence-corrected chi connectivity index (χ3v) is 7.60. The number of amides is 1. The van der Waals surface area contributed by atoms with E-state index >= 15 is 0 Å². The predicted octanol–water partition coefficient (Wildman–Crippen LogP) is 6.85. The molecule has 1 atom stereocenters. The molecule has 3 aromatic rings. The number of ether oxygens (including phenoxy) is 3. The van der Waals surface area contributed by atoms with Crippen LogP contribution in [0.3, 0.4) is 0 Å². The van der Waals surface area contributed by atoms with E-state index in [1.165, 1.54) is 12.8 Å². The van der Waals surface area contributed by atoms with E-state index in [-0.39, 0.29) is 11.3 Å². The summed E-state index contributed by atoms with van der Waals surface area (Å²) in [6.07, 6.45) is 3.55. The van der Waals surface area contributed by atoms with Gasteiger partial charge < -0.3 is 19.1 Å². The molecule has 1 unspecified atom stereocenters. The Morgan fingerprint density at radius 1 is 0.889 bits per heavy atom. The molecule has 0 radical (unpaired) electrons. The Bertz CT molecular complexity index is 1190. The molecule has 1 aliphatic rings. The molecule has 1 aliphatic carbocycles. The molecule has 1 fully saturated rings. The maximum Gasteiger partial charge on any atom is 0.254 e. The van der Waals surface area contributed by atoms with Gasteiger partial charge in [-0.2, -0.15) is 0 Å². The molecule has 190 valence electrons. The van der Waals surface area contributed by atoms with Crippen LogP contribution in [0.4, 0.5) is 0 Å². The van der Waals surface area contributed by atoms with Gasteiger partial charge in [0.05, 0.1) is 21.3 Å². The van der Waals surface area contributed by atoms with Crippen molar-refractivity contribution < 1.29 is 19.0 Å². The van der Waals surface area contributed by atoms with Gasteiger partial charge in [0.1, 0.15) is 17.2 Å². The molecular formula is C31H37NO4. The fraction of sp³-hybridized carbons (Fsp3) is 0.387. The summed E-state index contributed by atoms with van der Waals surface area (Å²) in [5.74, 6) is 2.77. The van der Waals surface area contributed by atoms with Gasteiger partial charge in [-0.1, -0.05) is 44.5 Å². The summed E-state index contributed by atoms with van der Waals surface area (Å²) in [5, 5.41) is 0. The largest absolute Gasteiger partial charge is 0.497 e. The number of methoxy groups -OCH3 is 3. The van der Waals surface area contributed by atoms with Crippen molar-refractivity contribution in [1.29, 1.82) is 0 Å². The first kappa shape index (κ1) is 25.6.